The molecule has 0 saturated carbocycles. The number of aliphatic imine (C=N–C) groups is 1. The van der Waals surface area contributed by atoms with Crippen LogP contribution in [0.1, 0.15) is 5.69 Å². The number of thiazole rings is 1. The van der Waals surface area contributed by atoms with Crippen molar-refractivity contribution >= 4 is 56.4 Å². The summed E-state index contributed by atoms with van der Waals surface area (Å²) in [6.07, 6.45) is 0. The van der Waals surface area contributed by atoms with Crippen molar-refractivity contribution in [2.45, 2.75) is 0 Å². The highest BCUT2D eigenvalue weighted by Gasteiger charge is 2.23. The molecule has 114 valence electrons. The number of benzene rings is 1. The molecule has 2 rings (SSSR count). The van der Waals surface area contributed by atoms with Gasteiger partial charge in [0.05, 0.1) is 0 Å². The number of anilines is 2. The number of carbonyl (C=O) groups excluding carboxylic acids is 1. The van der Waals surface area contributed by atoms with Crippen LogP contribution in [0.3, 0.4) is 0 Å². The van der Waals surface area contributed by atoms with E-state index in [1.54, 1.807) is 0 Å². The zero-order valence-corrected chi connectivity index (χ0v) is 13.6. The Hall–Kier alpha value is -2.25. The molecule has 0 atom stereocenters. The lowest BCUT2D eigenvalue weighted by Gasteiger charge is -2.15. The molecule has 0 unspecified atom stereocenters. The van der Waals surface area contributed by atoms with Gasteiger partial charge in [-0.25, -0.2) is 4.98 Å². The summed E-state index contributed by atoms with van der Waals surface area (Å²) in [7, 11) is 3.19. The largest absolute Gasteiger partial charge is 0.398 e. The van der Waals surface area contributed by atoms with Gasteiger partial charge in [0.15, 0.2) is 10.8 Å². The molecule has 1 aromatic heterocycles. The van der Waals surface area contributed by atoms with Gasteiger partial charge in [-0.15, -0.1) is 0 Å². The lowest BCUT2D eigenvalue weighted by atomic mass is 10.3. The zero-order chi connectivity index (χ0) is 16.1. The summed E-state index contributed by atoms with van der Waals surface area (Å²) in [5.74, 6) is 0. The van der Waals surface area contributed by atoms with Gasteiger partial charge >= 0.3 is 0 Å². The highest BCUT2D eigenvalue weighted by Crippen LogP contribution is 2.36. The molecule has 6 nitrogen and oxygen atoms in total. The van der Waals surface area contributed by atoms with Gasteiger partial charge in [-0.1, -0.05) is 34.7 Å². The minimum atomic E-state index is -0.772. The van der Waals surface area contributed by atoms with Crippen molar-refractivity contribution in [3.05, 3.63) is 36.0 Å². The number of nitrogens with zero attached hydrogens (tertiary/aromatic N) is 4. The Balaban J connectivity index is 2.47. The van der Waals surface area contributed by atoms with Crippen molar-refractivity contribution in [1.29, 1.82) is 0 Å². The number of rotatable bonds is 6. The summed E-state index contributed by atoms with van der Waals surface area (Å²) in [5.41, 5.74) is 1.09. The van der Waals surface area contributed by atoms with Gasteiger partial charge in [0.2, 0.25) is 0 Å². The number of carbonyl (C=O) groups is 1. The maximum Gasteiger partial charge on any atom is 0.276 e. The van der Waals surface area contributed by atoms with Crippen LogP contribution in [0.5, 0.6) is 0 Å². The SMILES string of the molecule is C=Nc1sc(N(C)c2ccccc2)nc1C(=NOC)C(=O)Cl. The molecule has 1 aromatic carbocycles. The number of hydrogen-bond acceptors (Lipinski definition) is 7. The molecule has 8 heteroatoms. The van der Waals surface area contributed by atoms with Crippen LogP contribution in [0.15, 0.2) is 40.5 Å². The van der Waals surface area contributed by atoms with Gasteiger partial charge in [-0.05, 0) is 30.5 Å². The molecule has 0 saturated heterocycles. The number of aromatic nitrogens is 1. The van der Waals surface area contributed by atoms with Crippen LogP contribution in [0.4, 0.5) is 15.8 Å². The Morgan fingerprint density at radius 1 is 1.41 bits per heavy atom. The Kier molecular flexibility index (Phi) is 5.24. The predicted octanol–water partition coefficient (Wildman–Crippen LogP) is 3.36. The van der Waals surface area contributed by atoms with E-state index in [9.17, 15) is 4.79 Å². The molecule has 22 heavy (non-hydrogen) atoms. The van der Waals surface area contributed by atoms with Gasteiger partial charge in [0.1, 0.15) is 17.8 Å². The highest BCUT2D eigenvalue weighted by molar-refractivity contribution is 7.19. The molecule has 0 spiro atoms. The van der Waals surface area contributed by atoms with Crippen LogP contribution in [0, 0.1) is 0 Å². The molecule has 2 aromatic rings. The van der Waals surface area contributed by atoms with E-state index in [0.717, 1.165) is 5.69 Å². The number of oxime groups is 1. The topological polar surface area (TPSA) is 67.2 Å². The molecule has 0 amide bonds. The molecule has 0 aliphatic carbocycles. The van der Waals surface area contributed by atoms with E-state index in [2.05, 4.69) is 26.7 Å². The summed E-state index contributed by atoms with van der Waals surface area (Å²) in [4.78, 5) is 26.3. The normalized spacial score (nSPS) is 11.1. The summed E-state index contributed by atoms with van der Waals surface area (Å²) in [5, 5.41) is 3.93. The summed E-state index contributed by atoms with van der Waals surface area (Å²) in [6, 6.07) is 9.66. The van der Waals surface area contributed by atoms with Crippen LogP contribution < -0.4 is 4.90 Å². The maximum atomic E-state index is 11.5. The second-order valence-corrected chi connectivity index (χ2v) is 5.40. The van der Waals surface area contributed by atoms with Gasteiger partial charge in [-0.3, -0.25) is 9.79 Å². The van der Waals surface area contributed by atoms with Crippen molar-refractivity contribution < 1.29 is 9.63 Å². The second-order valence-electron chi connectivity index (χ2n) is 4.10. The van der Waals surface area contributed by atoms with Crippen LogP contribution in [0.2, 0.25) is 0 Å². The van der Waals surface area contributed by atoms with E-state index in [1.165, 1.54) is 18.4 Å². The number of hydrogen-bond donors (Lipinski definition) is 0. The van der Waals surface area contributed by atoms with E-state index < -0.39 is 5.24 Å². The third kappa shape index (κ3) is 3.32. The zero-order valence-electron chi connectivity index (χ0n) is 12.0. The molecular weight excluding hydrogens is 324 g/mol. The summed E-state index contributed by atoms with van der Waals surface area (Å²) in [6.45, 7) is 3.49. The third-order valence-corrected chi connectivity index (χ3v) is 4.01. The molecule has 0 N–H and O–H groups in total. The average molecular weight is 337 g/mol. The van der Waals surface area contributed by atoms with E-state index in [4.69, 9.17) is 11.6 Å². The first-order valence-electron chi connectivity index (χ1n) is 6.16. The second kappa shape index (κ2) is 7.15. The summed E-state index contributed by atoms with van der Waals surface area (Å²) >= 11 is 6.80. The van der Waals surface area contributed by atoms with Crippen molar-refractivity contribution in [3.63, 3.8) is 0 Å². The first-order chi connectivity index (χ1) is 10.6. The molecule has 0 aliphatic rings. The van der Waals surface area contributed by atoms with Crippen molar-refractivity contribution in [2.24, 2.45) is 10.1 Å². The van der Waals surface area contributed by atoms with E-state index in [1.807, 2.05) is 42.3 Å². The Bertz CT molecular complexity index is 715. The molecule has 0 aliphatic heterocycles. The molecule has 0 bridgehead atoms. The minimum absolute atomic E-state index is 0.101. The Labute approximate surface area is 136 Å². The Morgan fingerprint density at radius 2 is 2.09 bits per heavy atom. The van der Waals surface area contributed by atoms with E-state index in [-0.39, 0.29) is 11.4 Å². The maximum absolute atomic E-state index is 11.5. The average Bonchev–Trinajstić information content (AvgIpc) is 2.96. The van der Waals surface area contributed by atoms with Crippen LogP contribution >= 0.6 is 22.9 Å². The smallest absolute Gasteiger partial charge is 0.276 e. The minimum Gasteiger partial charge on any atom is -0.398 e. The van der Waals surface area contributed by atoms with Crippen LogP contribution in [-0.2, 0) is 9.63 Å². The lowest BCUT2D eigenvalue weighted by Crippen LogP contribution is -2.13. The van der Waals surface area contributed by atoms with Crippen LogP contribution in [-0.4, -0.2) is 36.8 Å². The fraction of sp³-hybridized carbons (Fsp3) is 0.143. The van der Waals surface area contributed by atoms with Crippen LogP contribution in [0.25, 0.3) is 0 Å². The van der Waals surface area contributed by atoms with Gasteiger partial charge in [-0.2, -0.15) is 0 Å². The monoisotopic (exact) mass is 336 g/mol. The van der Waals surface area contributed by atoms with Crippen molar-refractivity contribution in [2.75, 3.05) is 19.1 Å². The lowest BCUT2D eigenvalue weighted by molar-refractivity contribution is -0.106. The highest BCUT2D eigenvalue weighted by atomic mass is 35.5. The predicted molar refractivity (Wildman–Crippen MR) is 90.2 cm³/mol. The fourth-order valence-corrected chi connectivity index (χ4v) is 2.71. The van der Waals surface area contributed by atoms with Gasteiger partial charge in [0, 0.05) is 12.7 Å². The fourth-order valence-electron chi connectivity index (χ4n) is 1.73. The van der Waals surface area contributed by atoms with E-state index >= 15 is 0 Å². The first kappa shape index (κ1) is 16.1. The molecule has 0 fully saturated rings. The van der Waals surface area contributed by atoms with Crippen molar-refractivity contribution in [3.8, 4) is 0 Å². The van der Waals surface area contributed by atoms with Crippen molar-refractivity contribution in [1.82, 2.24) is 4.98 Å². The first-order valence-corrected chi connectivity index (χ1v) is 7.35. The Morgan fingerprint density at radius 3 is 2.64 bits per heavy atom. The molecule has 1 heterocycles. The van der Waals surface area contributed by atoms with Gasteiger partial charge in [0.25, 0.3) is 5.24 Å². The molecular formula is C14H13ClN4O2S. The van der Waals surface area contributed by atoms with Gasteiger partial charge < -0.3 is 9.74 Å². The third-order valence-electron chi connectivity index (χ3n) is 2.77. The molecule has 0 radical (unpaired) electrons. The number of para-hydroxylation sites is 1. The summed E-state index contributed by atoms with van der Waals surface area (Å²) < 4.78 is 0. The quantitative estimate of drug-likeness (QED) is 0.461. The number of halogens is 1. The standard InChI is InChI=1S/C14H13ClN4O2S/c1-16-13-11(10(12(15)20)18-21-3)17-14(22-13)19(2)9-7-5-4-6-8-9/h4-8H,1H2,2-3H3. The van der Waals surface area contributed by atoms with E-state index in [0.29, 0.717) is 10.1 Å².